The Bertz CT molecular complexity index is 1100. The number of fused-ring (bicyclic) bond motifs is 1. The van der Waals surface area contributed by atoms with Gasteiger partial charge in [0, 0.05) is 33.4 Å². The molecule has 1 aromatic carbocycles. The second-order valence-corrected chi connectivity index (χ2v) is 10.2. The molecule has 32 heavy (non-hydrogen) atoms. The Kier molecular flexibility index (Phi) is 6.53. The van der Waals surface area contributed by atoms with E-state index in [9.17, 15) is 29.6 Å². The van der Waals surface area contributed by atoms with Crippen LogP contribution in [0.3, 0.4) is 0 Å². The predicted molar refractivity (Wildman–Crippen MR) is 122 cm³/mol. The van der Waals surface area contributed by atoms with Gasteiger partial charge in [0.1, 0.15) is 17.1 Å². The maximum Gasteiger partial charge on any atom is 0.352 e. The Morgan fingerprint density at radius 1 is 1.28 bits per heavy atom. The van der Waals surface area contributed by atoms with Crippen LogP contribution in [0, 0.1) is 10.1 Å². The number of benzene rings is 1. The van der Waals surface area contributed by atoms with Crippen molar-refractivity contribution in [1.29, 1.82) is 0 Å². The topological polar surface area (TPSA) is 130 Å². The van der Waals surface area contributed by atoms with Gasteiger partial charge in [0.15, 0.2) is 0 Å². The molecule has 2 aliphatic rings. The molecule has 1 fully saturated rings. The summed E-state index contributed by atoms with van der Waals surface area (Å²) < 4.78 is 0. The molecule has 2 atom stereocenters. The van der Waals surface area contributed by atoms with Crippen molar-refractivity contribution in [3.8, 4) is 0 Å². The lowest BCUT2D eigenvalue weighted by Crippen LogP contribution is -2.70. The van der Waals surface area contributed by atoms with Crippen LogP contribution in [0.2, 0.25) is 0 Å². The van der Waals surface area contributed by atoms with E-state index in [-0.39, 0.29) is 23.7 Å². The van der Waals surface area contributed by atoms with Crippen molar-refractivity contribution in [1.82, 2.24) is 10.2 Å². The van der Waals surface area contributed by atoms with Crippen LogP contribution in [0.4, 0.5) is 5.69 Å². The third-order valence-corrected chi connectivity index (χ3v) is 8.26. The summed E-state index contributed by atoms with van der Waals surface area (Å²) in [5.74, 6) is -1.15. The van der Waals surface area contributed by atoms with E-state index in [2.05, 4.69) is 5.32 Å². The summed E-state index contributed by atoms with van der Waals surface area (Å²) in [6.45, 7) is 0. The van der Waals surface area contributed by atoms with E-state index in [1.165, 1.54) is 51.9 Å². The van der Waals surface area contributed by atoms with E-state index in [0.29, 0.717) is 17.1 Å². The molecule has 2 amide bonds. The first-order valence-corrected chi connectivity index (χ1v) is 12.4. The summed E-state index contributed by atoms with van der Waals surface area (Å²) in [5.41, 5.74) is 0.532. The van der Waals surface area contributed by atoms with Crippen LogP contribution >= 0.6 is 34.9 Å². The van der Waals surface area contributed by atoms with Crippen molar-refractivity contribution in [2.24, 2.45) is 0 Å². The minimum Gasteiger partial charge on any atom is -0.477 e. The molecule has 0 radical (unpaired) electrons. The van der Waals surface area contributed by atoms with Gasteiger partial charge < -0.3 is 10.4 Å². The van der Waals surface area contributed by atoms with Gasteiger partial charge in [-0.25, -0.2) is 4.79 Å². The number of hydrogen-bond donors (Lipinski definition) is 2. The fraction of sp³-hybridized carbons (Fsp3) is 0.250. The quantitative estimate of drug-likeness (QED) is 0.250. The molecular weight excluding hydrogens is 474 g/mol. The molecule has 0 bridgehead atoms. The number of β-lactam (4-membered cyclic amide) rings is 1. The van der Waals surface area contributed by atoms with E-state index in [1.54, 1.807) is 12.1 Å². The lowest BCUT2D eigenvalue weighted by molar-refractivity contribution is -0.384. The number of non-ortho nitro benzene ring substituents is 1. The highest BCUT2D eigenvalue weighted by Gasteiger charge is 2.54. The van der Waals surface area contributed by atoms with Crippen LogP contribution in [0.1, 0.15) is 4.88 Å². The molecule has 1 aromatic heterocycles. The Balaban J connectivity index is 1.42. The van der Waals surface area contributed by atoms with Crippen LogP contribution in [-0.4, -0.2) is 55.6 Å². The van der Waals surface area contributed by atoms with E-state index >= 15 is 0 Å². The van der Waals surface area contributed by atoms with Gasteiger partial charge in [-0.1, -0.05) is 6.07 Å². The second-order valence-electron chi connectivity index (χ2n) is 7.01. The van der Waals surface area contributed by atoms with Crippen molar-refractivity contribution < 1.29 is 24.4 Å². The molecule has 4 rings (SSSR count). The number of carbonyl (C=O) groups is 3. The molecule has 166 valence electrons. The molecule has 2 aromatic rings. The number of rotatable bonds is 8. The lowest BCUT2D eigenvalue weighted by atomic mass is 10.0. The summed E-state index contributed by atoms with van der Waals surface area (Å²) >= 11 is 4.22. The van der Waals surface area contributed by atoms with Gasteiger partial charge in [-0.15, -0.1) is 34.9 Å². The van der Waals surface area contributed by atoms with Crippen molar-refractivity contribution >= 4 is 58.3 Å². The predicted octanol–water partition coefficient (Wildman–Crippen LogP) is 2.73. The molecule has 0 spiro atoms. The Morgan fingerprint density at radius 3 is 2.66 bits per heavy atom. The maximum atomic E-state index is 12.7. The molecule has 9 nitrogen and oxygen atoms in total. The lowest BCUT2D eigenvalue weighted by Gasteiger charge is -2.49. The van der Waals surface area contributed by atoms with Gasteiger partial charge in [0.25, 0.3) is 11.6 Å². The monoisotopic (exact) mass is 491 g/mol. The number of hydrogen-bond acceptors (Lipinski definition) is 8. The highest BCUT2D eigenvalue weighted by molar-refractivity contribution is 8.01. The molecule has 0 unspecified atom stereocenters. The van der Waals surface area contributed by atoms with Gasteiger partial charge in [-0.3, -0.25) is 24.6 Å². The molecule has 1 saturated heterocycles. The van der Waals surface area contributed by atoms with E-state index in [0.717, 1.165) is 9.77 Å². The van der Waals surface area contributed by atoms with Crippen molar-refractivity contribution in [3.63, 3.8) is 0 Å². The standard InChI is InChI=1S/C20H17N3O6S3/c24-15(8-14-2-1-7-30-14)21-16-18(25)22-17(20(26)27)11(10-32-19(16)22)9-31-13-5-3-12(4-6-13)23(28)29/h1-7,16,19H,8-10H2,(H,21,24)(H,26,27)/t16-,19-/m1/s1. The normalized spacial score (nSPS) is 19.9. The number of carboxylic acids is 1. The summed E-state index contributed by atoms with van der Waals surface area (Å²) in [7, 11) is 0. The average molecular weight is 492 g/mol. The molecule has 2 aliphatic heterocycles. The first-order valence-electron chi connectivity index (χ1n) is 9.44. The van der Waals surface area contributed by atoms with Gasteiger partial charge >= 0.3 is 5.97 Å². The molecule has 12 heteroatoms. The molecule has 0 saturated carbocycles. The smallest absolute Gasteiger partial charge is 0.352 e. The molecule has 2 N–H and O–H groups in total. The number of nitro groups is 1. The highest BCUT2D eigenvalue weighted by atomic mass is 32.2. The summed E-state index contributed by atoms with van der Waals surface area (Å²) in [4.78, 5) is 50.1. The maximum absolute atomic E-state index is 12.7. The minimum atomic E-state index is -1.19. The van der Waals surface area contributed by atoms with Gasteiger partial charge in [0.05, 0.1) is 11.3 Å². The Labute approximate surface area is 195 Å². The van der Waals surface area contributed by atoms with Crippen molar-refractivity contribution in [2.45, 2.75) is 22.7 Å². The third kappa shape index (κ3) is 4.52. The Morgan fingerprint density at radius 2 is 2.03 bits per heavy atom. The number of nitrogens with zero attached hydrogens (tertiary/aromatic N) is 2. The zero-order chi connectivity index (χ0) is 22.8. The highest BCUT2D eigenvalue weighted by Crippen LogP contribution is 2.41. The van der Waals surface area contributed by atoms with Crippen LogP contribution in [0.25, 0.3) is 0 Å². The first-order chi connectivity index (χ1) is 15.3. The fourth-order valence-electron chi connectivity index (χ4n) is 3.42. The first kappa shape index (κ1) is 22.4. The second kappa shape index (κ2) is 9.35. The van der Waals surface area contributed by atoms with Crippen LogP contribution in [0.5, 0.6) is 0 Å². The number of aliphatic carboxylic acids is 1. The molecular formula is C20H17N3O6S3. The number of carbonyl (C=O) groups excluding carboxylic acids is 2. The van der Waals surface area contributed by atoms with E-state index < -0.39 is 28.2 Å². The van der Waals surface area contributed by atoms with Crippen LogP contribution < -0.4 is 5.32 Å². The largest absolute Gasteiger partial charge is 0.477 e. The van der Waals surface area contributed by atoms with Crippen molar-refractivity contribution in [2.75, 3.05) is 11.5 Å². The SMILES string of the molecule is O=C(Cc1cccs1)N[C@@H]1C(=O)N2C(C(=O)O)=C(CSc3ccc([N+](=O)[O-])cc3)CS[C@H]12. The average Bonchev–Trinajstić information content (AvgIpc) is 3.28. The molecule has 0 aliphatic carbocycles. The number of thiophene rings is 1. The van der Waals surface area contributed by atoms with Crippen LogP contribution in [-0.2, 0) is 20.8 Å². The van der Waals surface area contributed by atoms with Gasteiger partial charge in [-0.05, 0) is 29.2 Å². The summed E-state index contributed by atoms with van der Waals surface area (Å²) in [6, 6.07) is 8.94. The van der Waals surface area contributed by atoms with Gasteiger partial charge in [-0.2, -0.15) is 0 Å². The number of amides is 2. The zero-order valence-corrected chi connectivity index (χ0v) is 18.9. The summed E-state index contributed by atoms with van der Waals surface area (Å²) in [6.07, 6.45) is 0.178. The number of nitrogens with one attached hydrogen (secondary N) is 1. The van der Waals surface area contributed by atoms with Gasteiger partial charge in [0.2, 0.25) is 5.91 Å². The Hall–Kier alpha value is -2.83. The van der Waals surface area contributed by atoms with E-state index in [1.807, 2.05) is 17.5 Å². The molecule has 3 heterocycles. The number of nitro benzene ring substituents is 1. The summed E-state index contributed by atoms with van der Waals surface area (Å²) in [5, 5.41) is 24.7. The van der Waals surface area contributed by atoms with E-state index in [4.69, 9.17) is 0 Å². The third-order valence-electron chi connectivity index (χ3n) is 4.94. The van der Waals surface area contributed by atoms with Crippen molar-refractivity contribution in [3.05, 3.63) is 68.0 Å². The fourth-order valence-corrected chi connectivity index (χ4v) is 6.51. The number of thioether (sulfide) groups is 2. The zero-order valence-electron chi connectivity index (χ0n) is 16.4. The van der Waals surface area contributed by atoms with Crippen LogP contribution in [0.15, 0.2) is 57.9 Å². The number of carboxylic acid groups (broad SMARTS) is 1. The minimum absolute atomic E-state index is 0.0193.